The lowest BCUT2D eigenvalue weighted by Crippen LogP contribution is -2.27. The summed E-state index contributed by atoms with van der Waals surface area (Å²) in [6.07, 6.45) is 2.72. The van der Waals surface area contributed by atoms with Crippen LogP contribution in [0.1, 0.15) is 30.6 Å². The van der Waals surface area contributed by atoms with Crippen molar-refractivity contribution >= 4 is 61.5 Å². The standard InChI is InChI=1S/C24H21N5O5S2/c1-4-10-34-23(33)19-14(3)26-24(36-19)28-16(30)11-29-12-25-21-17(22(29)32)13(2)18(35-21)20(31)27-15-8-6-5-7-9-15/h4-9,12H,1,10-11H2,2-3H3,(H,27,31)(H,26,28,30). The lowest BCUT2D eigenvalue weighted by Gasteiger charge is -2.05. The number of aromatic nitrogens is 3. The third-order valence-corrected chi connectivity index (χ3v) is 7.28. The number of thiophene rings is 1. The molecule has 0 spiro atoms. The zero-order valence-corrected chi connectivity index (χ0v) is 21.0. The number of fused-ring (bicyclic) bond motifs is 1. The molecular formula is C24H21N5O5S2. The van der Waals surface area contributed by atoms with Crippen molar-refractivity contribution in [2.45, 2.75) is 20.4 Å². The molecule has 3 heterocycles. The van der Waals surface area contributed by atoms with Crippen LogP contribution in [0.25, 0.3) is 10.2 Å². The molecule has 0 saturated carbocycles. The Labute approximate surface area is 213 Å². The van der Waals surface area contributed by atoms with Crippen LogP contribution in [0.15, 0.2) is 54.1 Å². The van der Waals surface area contributed by atoms with Crippen LogP contribution in [0.5, 0.6) is 0 Å². The molecule has 2 N–H and O–H groups in total. The number of para-hydroxylation sites is 1. The van der Waals surface area contributed by atoms with Gasteiger partial charge in [-0.05, 0) is 31.5 Å². The Morgan fingerprint density at radius 3 is 2.58 bits per heavy atom. The number of rotatable bonds is 8. The molecule has 10 nitrogen and oxygen atoms in total. The quantitative estimate of drug-likeness (QED) is 0.265. The Kier molecular flexibility index (Phi) is 7.36. The minimum absolute atomic E-state index is 0.0634. The summed E-state index contributed by atoms with van der Waals surface area (Å²) in [5.41, 5.74) is 1.11. The van der Waals surface area contributed by atoms with Crippen molar-refractivity contribution < 1.29 is 19.1 Å². The van der Waals surface area contributed by atoms with Crippen LogP contribution in [0.4, 0.5) is 10.8 Å². The van der Waals surface area contributed by atoms with E-state index in [1.807, 2.05) is 6.07 Å². The maximum Gasteiger partial charge on any atom is 0.350 e. The van der Waals surface area contributed by atoms with Gasteiger partial charge in [0.15, 0.2) is 5.13 Å². The number of carbonyl (C=O) groups excluding carboxylic acids is 3. The van der Waals surface area contributed by atoms with Gasteiger partial charge in [0.2, 0.25) is 5.91 Å². The minimum Gasteiger partial charge on any atom is -0.457 e. The lowest BCUT2D eigenvalue weighted by molar-refractivity contribution is -0.116. The molecule has 3 aromatic heterocycles. The van der Waals surface area contributed by atoms with E-state index in [9.17, 15) is 19.2 Å². The van der Waals surface area contributed by atoms with Crippen LogP contribution in [0.3, 0.4) is 0 Å². The zero-order valence-electron chi connectivity index (χ0n) is 19.4. The first-order chi connectivity index (χ1) is 17.3. The highest BCUT2D eigenvalue weighted by Crippen LogP contribution is 2.28. The largest absolute Gasteiger partial charge is 0.457 e. The Morgan fingerprint density at radius 2 is 1.86 bits per heavy atom. The number of carbonyl (C=O) groups is 3. The molecule has 0 aliphatic heterocycles. The van der Waals surface area contributed by atoms with E-state index in [2.05, 4.69) is 27.2 Å². The van der Waals surface area contributed by atoms with Crippen molar-refractivity contribution in [1.82, 2.24) is 14.5 Å². The predicted molar refractivity (Wildman–Crippen MR) is 139 cm³/mol. The van der Waals surface area contributed by atoms with Gasteiger partial charge in [-0.3, -0.25) is 19.0 Å². The van der Waals surface area contributed by atoms with E-state index >= 15 is 0 Å². The summed E-state index contributed by atoms with van der Waals surface area (Å²) in [6.45, 7) is 6.54. The number of anilines is 2. The summed E-state index contributed by atoms with van der Waals surface area (Å²) in [5.74, 6) is -1.42. The van der Waals surface area contributed by atoms with Crippen molar-refractivity contribution in [3.63, 3.8) is 0 Å². The molecule has 0 bridgehead atoms. The van der Waals surface area contributed by atoms with Crippen molar-refractivity contribution in [1.29, 1.82) is 0 Å². The molecule has 36 heavy (non-hydrogen) atoms. The van der Waals surface area contributed by atoms with E-state index in [0.717, 1.165) is 27.2 Å². The van der Waals surface area contributed by atoms with E-state index in [0.29, 0.717) is 26.7 Å². The van der Waals surface area contributed by atoms with Crippen LogP contribution in [0.2, 0.25) is 0 Å². The highest BCUT2D eigenvalue weighted by molar-refractivity contribution is 7.20. The van der Waals surface area contributed by atoms with Crippen molar-refractivity contribution in [2.75, 3.05) is 17.2 Å². The number of aryl methyl sites for hydroxylation is 2. The Balaban J connectivity index is 1.51. The molecule has 0 radical (unpaired) electrons. The summed E-state index contributed by atoms with van der Waals surface area (Å²) in [4.78, 5) is 60.1. The van der Waals surface area contributed by atoms with Gasteiger partial charge in [0.05, 0.1) is 22.3 Å². The molecule has 12 heteroatoms. The molecule has 4 rings (SSSR count). The molecule has 4 aromatic rings. The smallest absolute Gasteiger partial charge is 0.350 e. The van der Waals surface area contributed by atoms with Crippen LogP contribution < -0.4 is 16.2 Å². The second-order valence-corrected chi connectivity index (χ2v) is 9.60. The Bertz CT molecular complexity index is 1540. The van der Waals surface area contributed by atoms with E-state index < -0.39 is 17.4 Å². The van der Waals surface area contributed by atoms with Gasteiger partial charge in [0, 0.05) is 5.69 Å². The first kappa shape index (κ1) is 24.9. The normalized spacial score (nSPS) is 10.7. The second kappa shape index (κ2) is 10.6. The number of thiazole rings is 1. The number of esters is 1. The number of amides is 2. The van der Waals surface area contributed by atoms with Gasteiger partial charge >= 0.3 is 5.97 Å². The van der Waals surface area contributed by atoms with Crippen LogP contribution in [-0.2, 0) is 16.1 Å². The van der Waals surface area contributed by atoms with Crippen LogP contribution in [-0.4, -0.2) is 38.9 Å². The summed E-state index contributed by atoms with van der Waals surface area (Å²) >= 11 is 2.09. The molecule has 0 aliphatic carbocycles. The highest BCUT2D eigenvalue weighted by Gasteiger charge is 2.21. The number of nitrogens with one attached hydrogen (secondary N) is 2. The number of hydrogen-bond acceptors (Lipinski definition) is 9. The molecule has 0 atom stereocenters. The maximum atomic E-state index is 13.1. The molecule has 1 aromatic carbocycles. The molecule has 0 unspecified atom stereocenters. The van der Waals surface area contributed by atoms with Gasteiger partial charge in [-0.1, -0.05) is 42.2 Å². The lowest BCUT2D eigenvalue weighted by atomic mass is 10.2. The summed E-state index contributed by atoms with van der Waals surface area (Å²) in [7, 11) is 0. The maximum absolute atomic E-state index is 13.1. The SMILES string of the molecule is C=CCOC(=O)c1sc(NC(=O)Cn2cnc3sc(C(=O)Nc4ccccc4)c(C)c3c2=O)nc1C. The van der Waals surface area contributed by atoms with Gasteiger partial charge < -0.3 is 15.4 Å². The highest BCUT2D eigenvalue weighted by atomic mass is 32.1. The number of benzene rings is 1. The van der Waals surface area contributed by atoms with E-state index in [1.165, 1.54) is 12.4 Å². The molecule has 2 amide bonds. The number of hydrogen-bond donors (Lipinski definition) is 2. The van der Waals surface area contributed by atoms with Gasteiger partial charge in [0.25, 0.3) is 11.5 Å². The van der Waals surface area contributed by atoms with Crippen LogP contribution >= 0.6 is 22.7 Å². The summed E-state index contributed by atoms with van der Waals surface area (Å²) in [5, 5.41) is 5.89. The van der Waals surface area contributed by atoms with Gasteiger partial charge in [-0.25, -0.2) is 14.8 Å². The predicted octanol–water partition coefficient (Wildman–Crippen LogP) is 3.77. The molecule has 0 fully saturated rings. The topological polar surface area (TPSA) is 132 Å². The fourth-order valence-electron chi connectivity index (χ4n) is 3.35. The summed E-state index contributed by atoms with van der Waals surface area (Å²) < 4.78 is 6.17. The zero-order chi connectivity index (χ0) is 25.8. The van der Waals surface area contributed by atoms with Gasteiger partial charge in [0.1, 0.15) is 22.9 Å². The minimum atomic E-state index is -0.559. The number of nitrogens with zero attached hydrogens (tertiary/aromatic N) is 3. The Hall–Kier alpha value is -4.16. The monoisotopic (exact) mass is 523 g/mol. The molecule has 0 aliphatic rings. The third-order valence-electron chi connectivity index (χ3n) is 5.03. The van der Waals surface area contributed by atoms with Crippen molar-refractivity contribution in [2.24, 2.45) is 0 Å². The van der Waals surface area contributed by atoms with E-state index in [4.69, 9.17) is 4.74 Å². The molecule has 0 saturated heterocycles. The molecular weight excluding hydrogens is 502 g/mol. The fraction of sp³-hybridized carbons (Fsp3) is 0.167. The van der Waals surface area contributed by atoms with Crippen molar-refractivity contribution in [3.8, 4) is 0 Å². The van der Waals surface area contributed by atoms with Gasteiger partial charge in [-0.15, -0.1) is 11.3 Å². The van der Waals surface area contributed by atoms with Crippen molar-refractivity contribution in [3.05, 3.63) is 80.7 Å². The third kappa shape index (κ3) is 5.24. The second-order valence-electron chi connectivity index (χ2n) is 7.60. The first-order valence-corrected chi connectivity index (χ1v) is 12.3. The average Bonchev–Trinajstić information content (AvgIpc) is 3.39. The van der Waals surface area contributed by atoms with E-state index in [-0.39, 0.29) is 34.5 Å². The van der Waals surface area contributed by atoms with E-state index in [1.54, 1.807) is 38.1 Å². The summed E-state index contributed by atoms with van der Waals surface area (Å²) in [6, 6.07) is 8.99. The Morgan fingerprint density at radius 1 is 1.11 bits per heavy atom. The number of ether oxygens (including phenoxy) is 1. The van der Waals surface area contributed by atoms with Gasteiger partial charge in [-0.2, -0.15) is 0 Å². The van der Waals surface area contributed by atoms with Crippen LogP contribution in [0, 0.1) is 13.8 Å². The molecule has 184 valence electrons. The average molecular weight is 524 g/mol. The first-order valence-electron chi connectivity index (χ1n) is 10.7. The fourth-order valence-corrected chi connectivity index (χ4v) is 5.26.